The van der Waals surface area contributed by atoms with Crippen molar-refractivity contribution in [3.05, 3.63) is 48.7 Å². The Kier molecular flexibility index (Phi) is 3.23. The maximum atomic E-state index is 5.59. The van der Waals surface area contributed by atoms with E-state index in [2.05, 4.69) is 27.5 Å². The van der Waals surface area contributed by atoms with Crippen molar-refractivity contribution in [2.45, 2.75) is 5.22 Å². The van der Waals surface area contributed by atoms with E-state index in [1.165, 1.54) is 11.8 Å². The summed E-state index contributed by atoms with van der Waals surface area (Å²) in [5, 5.41) is 9.70. The Bertz CT molecular complexity index is 720. The van der Waals surface area contributed by atoms with Gasteiger partial charge in [-0.3, -0.25) is 0 Å². The smallest absolute Gasteiger partial charge is 0.277 e. The zero-order valence-electron chi connectivity index (χ0n) is 10.1. The van der Waals surface area contributed by atoms with Gasteiger partial charge in [0.2, 0.25) is 0 Å². The summed E-state index contributed by atoms with van der Waals surface area (Å²) in [7, 11) is 0. The number of para-hydroxylation sites is 1. The minimum absolute atomic E-state index is 0.501. The summed E-state index contributed by atoms with van der Waals surface area (Å²) in [6.45, 7) is 3.50. The van der Waals surface area contributed by atoms with Crippen LogP contribution in [0.2, 0.25) is 0 Å². The van der Waals surface area contributed by atoms with Crippen molar-refractivity contribution in [1.29, 1.82) is 0 Å². The van der Waals surface area contributed by atoms with E-state index in [9.17, 15) is 0 Å². The van der Waals surface area contributed by atoms with Crippen LogP contribution >= 0.6 is 11.8 Å². The highest BCUT2D eigenvalue weighted by Gasteiger charge is 2.10. The lowest BCUT2D eigenvalue weighted by Gasteiger charge is -1.88. The van der Waals surface area contributed by atoms with Crippen LogP contribution in [0.15, 0.2) is 58.4 Å². The molecule has 1 N–H and O–H groups in total. The SMILES string of the molecule is C=C=CCSc1nnc(-c2cc3ccccc3[nH]2)o1. The van der Waals surface area contributed by atoms with E-state index in [4.69, 9.17) is 4.42 Å². The lowest BCUT2D eigenvalue weighted by molar-refractivity contribution is 0.465. The van der Waals surface area contributed by atoms with Crippen molar-refractivity contribution in [2.24, 2.45) is 0 Å². The lowest BCUT2D eigenvalue weighted by atomic mass is 10.2. The summed E-state index contributed by atoms with van der Waals surface area (Å²) in [4.78, 5) is 3.26. The summed E-state index contributed by atoms with van der Waals surface area (Å²) in [6.07, 6.45) is 1.82. The Morgan fingerprint density at radius 1 is 1.37 bits per heavy atom. The minimum atomic E-state index is 0.501. The molecule has 5 heteroatoms. The second-order valence-electron chi connectivity index (χ2n) is 3.86. The number of hydrogen-bond donors (Lipinski definition) is 1. The molecular formula is C14H11N3OS. The van der Waals surface area contributed by atoms with Crippen LogP contribution < -0.4 is 0 Å². The van der Waals surface area contributed by atoms with Gasteiger partial charge in [0.1, 0.15) is 5.69 Å². The number of benzene rings is 1. The van der Waals surface area contributed by atoms with Crippen molar-refractivity contribution in [3.8, 4) is 11.6 Å². The predicted molar refractivity (Wildman–Crippen MR) is 76.0 cm³/mol. The second kappa shape index (κ2) is 5.18. The number of aromatic nitrogens is 3. The van der Waals surface area contributed by atoms with Gasteiger partial charge in [-0.25, -0.2) is 0 Å². The molecule has 1 aromatic carbocycles. The van der Waals surface area contributed by atoms with Gasteiger partial charge in [0.15, 0.2) is 0 Å². The van der Waals surface area contributed by atoms with Crippen LogP contribution in [0.1, 0.15) is 0 Å². The van der Waals surface area contributed by atoms with Gasteiger partial charge in [-0.1, -0.05) is 36.5 Å². The van der Waals surface area contributed by atoms with Crippen LogP contribution in [-0.2, 0) is 0 Å². The fourth-order valence-corrected chi connectivity index (χ4v) is 2.32. The van der Waals surface area contributed by atoms with Crippen molar-refractivity contribution < 1.29 is 4.42 Å². The molecule has 0 unspecified atom stereocenters. The first-order chi connectivity index (χ1) is 9.36. The third-order valence-corrected chi connectivity index (χ3v) is 3.35. The minimum Gasteiger partial charge on any atom is -0.410 e. The normalized spacial score (nSPS) is 10.5. The summed E-state index contributed by atoms with van der Waals surface area (Å²) in [6, 6.07) is 10.0. The Labute approximate surface area is 114 Å². The van der Waals surface area contributed by atoms with E-state index >= 15 is 0 Å². The van der Waals surface area contributed by atoms with Crippen LogP contribution in [-0.4, -0.2) is 20.9 Å². The molecule has 0 aliphatic heterocycles. The number of H-pyrrole nitrogens is 1. The Balaban J connectivity index is 1.87. The molecule has 0 amide bonds. The van der Waals surface area contributed by atoms with E-state index in [1.807, 2.05) is 36.4 Å². The number of nitrogens with zero attached hydrogens (tertiary/aromatic N) is 2. The highest BCUT2D eigenvalue weighted by molar-refractivity contribution is 7.99. The molecule has 0 aliphatic carbocycles. The van der Waals surface area contributed by atoms with Gasteiger partial charge in [0, 0.05) is 16.7 Å². The van der Waals surface area contributed by atoms with Crippen molar-refractivity contribution in [2.75, 3.05) is 5.75 Å². The lowest BCUT2D eigenvalue weighted by Crippen LogP contribution is -1.76. The molecular weight excluding hydrogens is 258 g/mol. The van der Waals surface area contributed by atoms with E-state index < -0.39 is 0 Å². The number of thioether (sulfide) groups is 1. The highest BCUT2D eigenvalue weighted by Crippen LogP contribution is 2.25. The second-order valence-corrected chi connectivity index (χ2v) is 4.83. The van der Waals surface area contributed by atoms with E-state index in [-0.39, 0.29) is 0 Å². The molecule has 0 bridgehead atoms. The molecule has 3 aromatic rings. The summed E-state index contributed by atoms with van der Waals surface area (Å²) in [5.41, 5.74) is 4.59. The molecule has 0 aliphatic rings. The van der Waals surface area contributed by atoms with Gasteiger partial charge in [0.05, 0.1) is 0 Å². The van der Waals surface area contributed by atoms with Crippen molar-refractivity contribution in [1.82, 2.24) is 15.2 Å². The first kappa shape index (κ1) is 11.8. The maximum Gasteiger partial charge on any atom is 0.277 e. The fourth-order valence-electron chi connectivity index (χ4n) is 1.74. The molecule has 19 heavy (non-hydrogen) atoms. The number of hydrogen-bond acceptors (Lipinski definition) is 4. The number of rotatable bonds is 4. The predicted octanol–water partition coefficient (Wildman–Crippen LogP) is 3.65. The van der Waals surface area contributed by atoms with Gasteiger partial charge in [-0.15, -0.1) is 15.9 Å². The monoisotopic (exact) mass is 269 g/mol. The molecule has 2 aromatic heterocycles. The number of fused-ring (bicyclic) bond motifs is 1. The molecule has 0 fully saturated rings. The van der Waals surface area contributed by atoms with Crippen LogP contribution in [0, 0.1) is 0 Å². The van der Waals surface area contributed by atoms with Crippen LogP contribution in [0.4, 0.5) is 0 Å². The summed E-state index contributed by atoms with van der Waals surface area (Å²) >= 11 is 1.46. The molecule has 0 radical (unpaired) electrons. The van der Waals surface area contributed by atoms with Gasteiger partial charge in [-0.05, 0) is 18.2 Å². The molecule has 0 saturated carbocycles. The molecule has 0 atom stereocenters. The van der Waals surface area contributed by atoms with E-state index in [1.54, 1.807) is 0 Å². The largest absolute Gasteiger partial charge is 0.410 e. The van der Waals surface area contributed by atoms with E-state index in [0.29, 0.717) is 11.1 Å². The maximum absolute atomic E-state index is 5.59. The first-order valence-electron chi connectivity index (χ1n) is 5.75. The van der Waals surface area contributed by atoms with Gasteiger partial charge in [-0.2, -0.15) is 0 Å². The fraction of sp³-hybridized carbons (Fsp3) is 0.0714. The van der Waals surface area contributed by atoms with Crippen molar-refractivity contribution in [3.63, 3.8) is 0 Å². The summed E-state index contributed by atoms with van der Waals surface area (Å²) < 4.78 is 5.59. The summed E-state index contributed by atoms with van der Waals surface area (Å²) in [5.74, 6) is 1.22. The third kappa shape index (κ3) is 2.47. The molecule has 2 heterocycles. The van der Waals surface area contributed by atoms with Crippen molar-refractivity contribution >= 4 is 22.7 Å². The number of nitrogens with one attached hydrogen (secondary N) is 1. The first-order valence-corrected chi connectivity index (χ1v) is 6.74. The number of aromatic amines is 1. The Morgan fingerprint density at radius 2 is 2.26 bits per heavy atom. The molecule has 3 rings (SSSR count). The quantitative estimate of drug-likeness (QED) is 0.580. The van der Waals surface area contributed by atoms with Crippen LogP contribution in [0.3, 0.4) is 0 Å². The zero-order chi connectivity index (χ0) is 13.1. The average molecular weight is 269 g/mol. The van der Waals surface area contributed by atoms with Gasteiger partial charge < -0.3 is 9.40 Å². The molecule has 0 spiro atoms. The van der Waals surface area contributed by atoms with Crippen LogP contribution in [0.5, 0.6) is 0 Å². The Morgan fingerprint density at radius 3 is 3.11 bits per heavy atom. The zero-order valence-corrected chi connectivity index (χ0v) is 10.9. The van der Waals surface area contributed by atoms with E-state index in [0.717, 1.165) is 22.3 Å². The standard InChI is InChI=1S/C14H11N3OS/c1-2-3-8-19-14-17-16-13(18-14)12-9-10-6-4-5-7-11(10)15-12/h3-7,9,15H,1,8H2. The highest BCUT2D eigenvalue weighted by atomic mass is 32.2. The molecule has 0 saturated heterocycles. The Hall–Kier alpha value is -2.23. The topological polar surface area (TPSA) is 54.7 Å². The molecule has 94 valence electrons. The molecule has 4 nitrogen and oxygen atoms in total. The van der Waals surface area contributed by atoms with Crippen LogP contribution in [0.25, 0.3) is 22.5 Å². The third-order valence-electron chi connectivity index (χ3n) is 2.60. The average Bonchev–Trinajstić information content (AvgIpc) is 3.04. The van der Waals surface area contributed by atoms with Gasteiger partial charge >= 0.3 is 0 Å². The van der Waals surface area contributed by atoms with Gasteiger partial charge in [0.25, 0.3) is 11.1 Å².